The first-order valence-electron chi connectivity index (χ1n) is 5.63. The molecule has 0 saturated carbocycles. The van der Waals surface area contributed by atoms with Gasteiger partial charge in [-0.3, -0.25) is 0 Å². The molecule has 2 heterocycles. The molecule has 100 valence electrons. The average Bonchev–Trinajstić information content (AvgIpc) is 2.83. The third-order valence-corrected chi connectivity index (χ3v) is 6.69. The fourth-order valence-electron chi connectivity index (χ4n) is 1.90. The molecule has 6 heteroatoms. The summed E-state index contributed by atoms with van der Waals surface area (Å²) in [6, 6.07) is 6.06. The highest BCUT2D eigenvalue weighted by atomic mass is 79.9. The summed E-state index contributed by atoms with van der Waals surface area (Å²) in [7, 11) is 0. The minimum Gasteiger partial charge on any atom is -0.486 e. The van der Waals surface area contributed by atoms with Gasteiger partial charge in [-0.25, -0.2) is 0 Å². The van der Waals surface area contributed by atoms with Crippen LogP contribution in [0.25, 0.3) is 0 Å². The molecule has 1 unspecified atom stereocenters. The predicted octanol–water partition coefficient (Wildman–Crippen LogP) is 5.53. The Morgan fingerprint density at radius 1 is 1.05 bits per heavy atom. The number of benzene rings is 1. The van der Waals surface area contributed by atoms with E-state index in [-0.39, 0.29) is 4.83 Å². The molecule has 1 atom stereocenters. The molecule has 1 aromatic carbocycles. The second-order valence-corrected chi connectivity index (χ2v) is 7.58. The molecule has 0 aliphatic carbocycles. The normalized spacial score (nSPS) is 15.3. The van der Waals surface area contributed by atoms with Crippen molar-refractivity contribution in [1.82, 2.24) is 0 Å². The predicted molar refractivity (Wildman–Crippen MR) is 87.9 cm³/mol. The summed E-state index contributed by atoms with van der Waals surface area (Å²) in [5.41, 5.74) is 1.13. The summed E-state index contributed by atoms with van der Waals surface area (Å²) in [4.78, 5) is 1.35. The molecule has 0 fully saturated rings. The minimum absolute atomic E-state index is 0.118. The number of thiophene rings is 1. The molecule has 2 aromatic rings. The van der Waals surface area contributed by atoms with Crippen LogP contribution in [0.15, 0.2) is 32.5 Å². The second kappa shape index (κ2) is 5.76. The van der Waals surface area contributed by atoms with E-state index < -0.39 is 0 Å². The van der Waals surface area contributed by atoms with Crippen molar-refractivity contribution < 1.29 is 9.47 Å². The molecule has 19 heavy (non-hydrogen) atoms. The van der Waals surface area contributed by atoms with Crippen LogP contribution < -0.4 is 9.47 Å². The maximum absolute atomic E-state index is 5.64. The average molecular weight is 469 g/mol. The Kier molecular flexibility index (Phi) is 4.22. The fraction of sp³-hybridized carbons (Fsp3) is 0.231. The van der Waals surface area contributed by atoms with Gasteiger partial charge < -0.3 is 9.47 Å². The standard InChI is InChI=1S/C13H9Br3O2S/c14-8-1-4-19-13(8)12(16)7-5-10-11(6-9(7)15)18-3-2-17-10/h1,4-6,12H,2-3H2. The SMILES string of the molecule is Brc1cc2c(cc1C(Br)c1sccc1Br)OCCO2. The monoisotopic (exact) mass is 466 g/mol. The van der Waals surface area contributed by atoms with Crippen molar-refractivity contribution in [2.75, 3.05) is 13.2 Å². The lowest BCUT2D eigenvalue weighted by Gasteiger charge is -2.21. The van der Waals surface area contributed by atoms with Crippen LogP contribution in [0.5, 0.6) is 11.5 Å². The first kappa shape index (κ1) is 13.9. The molecule has 2 nitrogen and oxygen atoms in total. The highest BCUT2D eigenvalue weighted by Crippen LogP contribution is 2.45. The highest BCUT2D eigenvalue weighted by Gasteiger charge is 2.22. The lowest BCUT2D eigenvalue weighted by Crippen LogP contribution is -2.15. The van der Waals surface area contributed by atoms with Crippen LogP contribution >= 0.6 is 59.1 Å². The zero-order valence-electron chi connectivity index (χ0n) is 9.66. The van der Waals surface area contributed by atoms with Crippen molar-refractivity contribution in [3.8, 4) is 11.5 Å². The van der Waals surface area contributed by atoms with E-state index in [0.29, 0.717) is 13.2 Å². The van der Waals surface area contributed by atoms with Crippen LogP contribution in [0.2, 0.25) is 0 Å². The zero-order valence-corrected chi connectivity index (χ0v) is 15.2. The van der Waals surface area contributed by atoms with E-state index in [4.69, 9.17) is 9.47 Å². The van der Waals surface area contributed by atoms with Crippen molar-refractivity contribution in [1.29, 1.82) is 0 Å². The second-order valence-electron chi connectivity index (χ2n) is 4.01. The molecule has 0 spiro atoms. The summed E-state index contributed by atoms with van der Waals surface area (Å²) < 4.78 is 13.3. The lowest BCUT2D eigenvalue weighted by atomic mass is 10.1. The largest absolute Gasteiger partial charge is 0.486 e. The van der Waals surface area contributed by atoms with Gasteiger partial charge in [0.1, 0.15) is 13.2 Å². The zero-order chi connectivity index (χ0) is 13.4. The number of alkyl halides is 1. The topological polar surface area (TPSA) is 18.5 Å². The number of fused-ring (bicyclic) bond motifs is 1. The van der Waals surface area contributed by atoms with Gasteiger partial charge >= 0.3 is 0 Å². The van der Waals surface area contributed by atoms with Gasteiger partial charge in [0.25, 0.3) is 0 Å². The summed E-state index contributed by atoms with van der Waals surface area (Å²) >= 11 is 12.7. The first-order valence-corrected chi connectivity index (χ1v) is 9.01. The van der Waals surface area contributed by atoms with Crippen LogP contribution in [0.1, 0.15) is 15.3 Å². The maximum Gasteiger partial charge on any atom is 0.162 e. The van der Waals surface area contributed by atoms with E-state index in [0.717, 1.165) is 26.0 Å². The van der Waals surface area contributed by atoms with Crippen LogP contribution in [0, 0.1) is 0 Å². The lowest BCUT2D eigenvalue weighted by molar-refractivity contribution is 0.171. The molecule has 0 amide bonds. The van der Waals surface area contributed by atoms with Gasteiger partial charge in [0.15, 0.2) is 11.5 Å². The van der Waals surface area contributed by atoms with Gasteiger partial charge in [-0.15, -0.1) is 11.3 Å². The van der Waals surface area contributed by atoms with Crippen LogP contribution in [-0.2, 0) is 0 Å². The van der Waals surface area contributed by atoms with Gasteiger partial charge in [0.2, 0.25) is 0 Å². The molecule has 0 N–H and O–H groups in total. The summed E-state index contributed by atoms with van der Waals surface area (Å²) in [5.74, 6) is 1.60. The van der Waals surface area contributed by atoms with E-state index in [1.54, 1.807) is 11.3 Å². The smallest absolute Gasteiger partial charge is 0.162 e. The van der Waals surface area contributed by atoms with Crippen molar-refractivity contribution in [2.24, 2.45) is 0 Å². The van der Waals surface area contributed by atoms with Crippen molar-refractivity contribution in [2.45, 2.75) is 4.83 Å². The Bertz CT molecular complexity index is 612. The number of ether oxygens (including phenoxy) is 2. The van der Waals surface area contributed by atoms with Gasteiger partial charge in [-0.1, -0.05) is 31.9 Å². The van der Waals surface area contributed by atoms with Crippen LogP contribution in [-0.4, -0.2) is 13.2 Å². The Labute approximate surface area is 140 Å². The van der Waals surface area contributed by atoms with E-state index in [9.17, 15) is 0 Å². The van der Waals surface area contributed by atoms with E-state index >= 15 is 0 Å². The first-order chi connectivity index (χ1) is 9.16. The number of hydrogen-bond acceptors (Lipinski definition) is 3. The van der Waals surface area contributed by atoms with E-state index in [1.807, 2.05) is 12.1 Å². The Morgan fingerprint density at radius 3 is 2.37 bits per heavy atom. The van der Waals surface area contributed by atoms with Crippen molar-refractivity contribution >= 4 is 59.1 Å². The van der Waals surface area contributed by atoms with Crippen molar-refractivity contribution in [3.05, 3.63) is 43.0 Å². The van der Waals surface area contributed by atoms with Gasteiger partial charge in [-0.05, 0) is 45.1 Å². The third-order valence-electron chi connectivity index (χ3n) is 2.81. The summed E-state index contributed by atoms with van der Waals surface area (Å²) in [5, 5.41) is 2.07. The quantitative estimate of drug-likeness (QED) is 0.540. The summed E-state index contributed by atoms with van der Waals surface area (Å²) in [6.45, 7) is 1.21. The van der Waals surface area contributed by atoms with E-state index in [2.05, 4.69) is 59.2 Å². The maximum atomic E-state index is 5.64. The Morgan fingerprint density at radius 2 is 1.74 bits per heavy atom. The molecule has 3 rings (SSSR count). The number of rotatable bonds is 2. The Hall–Kier alpha value is -0.0400. The molecule has 0 bridgehead atoms. The van der Waals surface area contributed by atoms with Crippen LogP contribution in [0.3, 0.4) is 0 Å². The molecule has 0 radical (unpaired) electrons. The number of hydrogen-bond donors (Lipinski definition) is 0. The Balaban J connectivity index is 2.03. The molecule has 1 aliphatic heterocycles. The molecule has 1 aromatic heterocycles. The van der Waals surface area contributed by atoms with Gasteiger partial charge in [-0.2, -0.15) is 0 Å². The number of halogens is 3. The van der Waals surface area contributed by atoms with Crippen LogP contribution in [0.4, 0.5) is 0 Å². The third kappa shape index (κ3) is 2.73. The molecular formula is C13H9Br3O2S. The van der Waals surface area contributed by atoms with Gasteiger partial charge in [0.05, 0.1) is 4.83 Å². The highest BCUT2D eigenvalue weighted by molar-refractivity contribution is 9.11. The fourth-order valence-corrected chi connectivity index (χ4v) is 5.61. The summed E-state index contributed by atoms with van der Waals surface area (Å²) in [6.07, 6.45) is 0. The molecule has 1 aliphatic rings. The van der Waals surface area contributed by atoms with Crippen molar-refractivity contribution in [3.63, 3.8) is 0 Å². The van der Waals surface area contributed by atoms with Gasteiger partial charge in [0, 0.05) is 13.8 Å². The van der Waals surface area contributed by atoms with E-state index in [1.165, 1.54) is 4.88 Å². The minimum atomic E-state index is 0.118. The molecule has 0 saturated heterocycles. The molecular weight excluding hydrogens is 460 g/mol.